The third-order valence-electron chi connectivity index (χ3n) is 10.0. The molecule has 6 atom stereocenters. The lowest BCUT2D eigenvalue weighted by Gasteiger charge is -2.48. The standard InChI is InChI=1S/C40H55N9O6S2/c1-24(2)32(46-38(54)49(6)22-30-43-19-20-56-30)35(52)45-33(34(51)29(50)18-17-26-13-9-7-10-14-26)31(27-15-11-8-12-16-27)40(25(3)4,36(41)53)47-39(55)48(5)21-28-23-57-37(42)44-28/h7-16,19-20,23-25,29,31-34,50-51H,17-18,21-22H2,1-6H3,(H2,41,53)(H2,42,44)(H,45,52)(H,46,54)(H,47,55)/t29?,31?,32-,33?,34?,40-/m0/s1. The lowest BCUT2D eigenvalue weighted by molar-refractivity contribution is -0.132. The van der Waals surface area contributed by atoms with E-state index in [2.05, 4.69) is 25.9 Å². The van der Waals surface area contributed by atoms with Gasteiger partial charge in [-0.05, 0) is 35.8 Å². The number of aromatic nitrogens is 2. The van der Waals surface area contributed by atoms with Crippen LogP contribution >= 0.6 is 22.7 Å². The molecule has 15 nitrogen and oxygen atoms in total. The van der Waals surface area contributed by atoms with Gasteiger partial charge in [0.05, 0.1) is 30.9 Å². The van der Waals surface area contributed by atoms with Crippen molar-refractivity contribution >= 4 is 51.7 Å². The summed E-state index contributed by atoms with van der Waals surface area (Å²) in [4.78, 5) is 67.4. The largest absolute Gasteiger partial charge is 0.390 e. The van der Waals surface area contributed by atoms with E-state index >= 15 is 0 Å². The van der Waals surface area contributed by atoms with E-state index < -0.39 is 71.5 Å². The SMILES string of the molecule is CC(C)[C@H](NC(=O)N(C)Cc1nccs1)C(=O)NC(C(O)C(O)CCc1ccccc1)C(c1ccccc1)[C@](NC(=O)N(C)Cc1csc(N)n1)(C(N)=O)C(C)C. The molecule has 57 heavy (non-hydrogen) atoms. The number of nitrogens with one attached hydrogen (secondary N) is 3. The fraction of sp³-hybridized carbons (Fsp3) is 0.450. The number of anilines is 1. The molecule has 0 aliphatic rings. The molecule has 4 rings (SSSR count). The number of primary amides is 1. The van der Waals surface area contributed by atoms with Gasteiger partial charge in [-0.25, -0.2) is 19.6 Å². The third kappa shape index (κ3) is 11.5. The van der Waals surface area contributed by atoms with Crippen LogP contribution in [0.15, 0.2) is 77.6 Å². The van der Waals surface area contributed by atoms with Crippen LogP contribution in [0.1, 0.15) is 61.9 Å². The Bertz CT molecular complexity index is 1900. The van der Waals surface area contributed by atoms with Gasteiger partial charge in [0.25, 0.3) is 0 Å². The Morgan fingerprint density at radius 1 is 0.877 bits per heavy atom. The molecule has 0 spiro atoms. The molecule has 9 N–H and O–H groups in total. The number of carbonyl (C=O) groups is 4. The molecule has 0 saturated heterocycles. The molecule has 4 aromatic rings. The average Bonchev–Trinajstić information content (AvgIpc) is 3.86. The normalized spacial score (nSPS) is 15.1. The molecular weight excluding hydrogens is 767 g/mol. The van der Waals surface area contributed by atoms with E-state index in [0.29, 0.717) is 27.8 Å². The summed E-state index contributed by atoms with van der Waals surface area (Å²) >= 11 is 2.61. The Hall–Kier alpha value is -5.10. The molecule has 2 heterocycles. The second-order valence-electron chi connectivity index (χ2n) is 14.8. The quantitative estimate of drug-likeness (QED) is 0.0731. The minimum atomic E-state index is -1.98. The summed E-state index contributed by atoms with van der Waals surface area (Å²) < 4.78 is 0. The maximum atomic E-state index is 14.5. The Labute approximate surface area is 341 Å². The maximum Gasteiger partial charge on any atom is 0.318 e. The molecule has 17 heteroatoms. The monoisotopic (exact) mass is 821 g/mol. The van der Waals surface area contributed by atoms with Crippen LogP contribution in [-0.4, -0.2) is 97.8 Å². The number of hydrogen-bond donors (Lipinski definition) is 7. The number of aliphatic hydroxyl groups is 2. The topological polar surface area (TPSA) is 229 Å². The van der Waals surface area contributed by atoms with Crippen LogP contribution in [0, 0.1) is 11.8 Å². The lowest BCUT2D eigenvalue weighted by Crippen LogP contribution is -2.71. The fourth-order valence-corrected chi connectivity index (χ4v) is 8.07. The van der Waals surface area contributed by atoms with Crippen molar-refractivity contribution in [1.29, 1.82) is 0 Å². The molecule has 0 saturated carbocycles. The Balaban J connectivity index is 1.79. The molecule has 0 bridgehead atoms. The molecule has 0 radical (unpaired) electrons. The minimum absolute atomic E-state index is 0.0518. The van der Waals surface area contributed by atoms with Crippen molar-refractivity contribution in [2.24, 2.45) is 17.6 Å². The van der Waals surface area contributed by atoms with Crippen molar-refractivity contribution in [2.75, 3.05) is 19.8 Å². The number of carbonyl (C=O) groups excluding carboxylic acids is 4. The Morgan fingerprint density at radius 2 is 1.51 bits per heavy atom. The smallest absolute Gasteiger partial charge is 0.318 e. The van der Waals surface area contributed by atoms with Gasteiger partial charge < -0.3 is 47.4 Å². The predicted molar refractivity (Wildman–Crippen MR) is 222 cm³/mol. The van der Waals surface area contributed by atoms with Crippen LogP contribution in [0.25, 0.3) is 0 Å². The predicted octanol–water partition coefficient (Wildman–Crippen LogP) is 3.69. The summed E-state index contributed by atoms with van der Waals surface area (Å²) in [5.41, 5.74) is 12.1. The van der Waals surface area contributed by atoms with Crippen LogP contribution in [0.4, 0.5) is 14.7 Å². The Kier molecular flexibility index (Phi) is 15.9. The van der Waals surface area contributed by atoms with Gasteiger partial charge in [-0.2, -0.15) is 0 Å². The number of nitrogens with two attached hydrogens (primary N) is 2. The van der Waals surface area contributed by atoms with E-state index in [4.69, 9.17) is 11.5 Å². The summed E-state index contributed by atoms with van der Waals surface area (Å²) in [6.07, 6.45) is -1.02. The highest BCUT2D eigenvalue weighted by Crippen LogP contribution is 2.40. The molecule has 4 unspecified atom stereocenters. The maximum absolute atomic E-state index is 14.5. The highest BCUT2D eigenvalue weighted by atomic mass is 32.1. The van der Waals surface area contributed by atoms with E-state index in [1.165, 1.54) is 39.5 Å². The van der Waals surface area contributed by atoms with E-state index in [1.54, 1.807) is 82.0 Å². The Morgan fingerprint density at radius 3 is 2.05 bits per heavy atom. The highest BCUT2D eigenvalue weighted by molar-refractivity contribution is 7.13. The van der Waals surface area contributed by atoms with Crippen molar-refractivity contribution in [3.63, 3.8) is 0 Å². The summed E-state index contributed by atoms with van der Waals surface area (Å²) in [6, 6.07) is 14.2. The van der Waals surface area contributed by atoms with Gasteiger partial charge in [0, 0.05) is 37.0 Å². The number of aryl methyl sites for hydroxylation is 1. The first-order chi connectivity index (χ1) is 27.0. The van der Waals surface area contributed by atoms with Gasteiger partial charge in [-0.3, -0.25) is 9.59 Å². The van der Waals surface area contributed by atoms with Crippen LogP contribution in [-0.2, 0) is 29.1 Å². The number of urea groups is 2. The number of benzene rings is 2. The summed E-state index contributed by atoms with van der Waals surface area (Å²) in [5.74, 6) is -4.07. The molecule has 0 fully saturated rings. The number of hydrogen-bond acceptors (Lipinski definition) is 11. The minimum Gasteiger partial charge on any atom is -0.390 e. The van der Waals surface area contributed by atoms with Crippen molar-refractivity contribution in [3.05, 3.63) is 99.4 Å². The van der Waals surface area contributed by atoms with Crippen molar-refractivity contribution in [1.82, 2.24) is 35.7 Å². The zero-order valence-electron chi connectivity index (χ0n) is 33.2. The first-order valence-electron chi connectivity index (χ1n) is 18.7. The number of thiazole rings is 2. The fourth-order valence-electron chi connectivity index (χ4n) is 6.85. The summed E-state index contributed by atoms with van der Waals surface area (Å²) in [5, 5.41) is 37.2. The molecule has 2 aromatic heterocycles. The van der Waals surface area contributed by atoms with E-state index in [-0.39, 0.29) is 19.5 Å². The lowest BCUT2D eigenvalue weighted by atomic mass is 9.66. The second-order valence-corrected chi connectivity index (χ2v) is 16.7. The highest BCUT2D eigenvalue weighted by Gasteiger charge is 2.55. The van der Waals surface area contributed by atoms with E-state index in [1.807, 2.05) is 30.3 Å². The van der Waals surface area contributed by atoms with Crippen molar-refractivity contribution < 1.29 is 29.4 Å². The third-order valence-corrected chi connectivity index (χ3v) is 11.5. The van der Waals surface area contributed by atoms with E-state index in [9.17, 15) is 29.4 Å². The van der Waals surface area contributed by atoms with Crippen LogP contribution in [0.5, 0.6) is 0 Å². The molecule has 2 aromatic carbocycles. The van der Waals surface area contributed by atoms with Crippen molar-refractivity contribution in [2.45, 2.75) is 89.4 Å². The zero-order chi connectivity index (χ0) is 41.9. The molecule has 308 valence electrons. The second kappa shape index (κ2) is 20.4. The van der Waals surface area contributed by atoms with Crippen molar-refractivity contribution in [3.8, 4) is 0 Å². The molecular formula is C40H55N9O6S2. The first kappa shape index (κ1) is 44.6. The van der Waals surface area contributed by atoms with Crippen LogP contribution < -0.4 is 27.4 Å². The summed E-state index contributed by atoms with van der Waals surface area (Å²) in [7, 11) is 3.11. The van der Waals surface area contributed by atoms with Crippen LogP contribution in [0.2, 0.25) is 0 Å². The van der Waals surface area contributed by atoms with E-state index in [0.717, 1.165) is 5.56 Å². The van der Waals surface area contributed by atoms with Gasteiger partial charge in [0.15, 0.2) is 5.13 Å². The first-order valence-corrected chi connectivity index (χ1v) is 20.5. The number of nitrogen functional groups attached to an aromatic ring is 1. The van der Waals surface area contributed by atoms with Gasteiger partial charge in [-0.15, -0.1) is 22.7 Å². The van der Waals surface area contributed by atoms with Crippen LogP contribution in [0.3, 0.4) is 0 Å². The molecule has 0 aliphatic carbocycles. The number of nitrogens with zero attached hydrogens (tertiary/aromatic N) is 4. The van der Waals surface area contributed by atoms with Gasteiger partial charge in [0.2, 0.25) is 11.8 Å². The zero-order valence-corrected chi connectivity index (χ0v) is 34.8. The molecule has 0 aliphatic heterocycles. The average molecular weight is 822 g/mol. The van der Waals surface area contributed by atoms with Gasteiger partial charge in [0.1, 0.15) is 22.7 Å². The number of rotatable bonds is 19. The molecule has 6 amide bonds. The summed E-state index contributed by atoms with van der Waals surface area (Å²) in [6.45, 7) is 7.18. The van der Waals surface area contributed by atoms with Gasteiger partial charge >= 0.3 is 12.1 Å². The number of aliphatic hydroxyl groups excluding tert-OH is 2. The number of amides is 6. The van der Waals surface area contributed by atoms with Gasteiger partial charge in [-0.1, -0.05) is 88.4 Å².